The Morgan fingerprint density at radius 1 is 0.968 bits per heavy atom. The molecule has 31 heavy (non-hydrogen) atoms. The molecule has 9 heteroatoms. The van der Waals surface area contributed by atoms with Gasteiger partial charge >= 0.3 is 0 Å². The number of piperazine rings is 1. The van der Waals surface area contributed by atoms with Crippen molar-refractivity contribution >= 4 is 29.0 Å². The zero-order valence-electron chi connectivity index (χ0n) is 17.1. The Labute approximate surface area is 179 Å². The van der Waals surface area contributed by atoms with E-state index in [-0.39, 0.29) is 5.91 Å². The molecule has 5 heterocycles. The van der Waals surface area contributed by atoms with Crippen LogP contribution in [0, 0.1) is 6.92 Å². The molecule has 1 aliphatic rings. The maximum Gasteiger partial charge on any atom is 0.272 e. The molecule has 1 fully saturated rings. The number of pyridine rings is 2. The standard InChI is InChI=1S/C22H22N8O/c1-16-21(30-9-5-3-7-19(30)26-16)22(31)29-12-10-28(11-13-29)20-14-18(24-15-25-20)27-17-6-2-4-8-23-17/h2-9,14-15H,10-13H2,1H3,(H,23,24,25,27). The molecule has 1 N–H and O–H groups in total. The van der Waals surface area contributed by atoms with Crippen molar-refractivity contribution in [3.05, 3.63) is 72.6 Å². The molecule has 4 aromatic rings. The molecule has 5 rings (SSSR count). The SMILES string of the molecule is Cc1nc2ccccn2c1C(=O)N1CCN(c2cc(Nc3ccccn3)ncn2)CC1. The smallest absolute Gasteiger partial charge is 0.272 e. The molecule has 4 aromatic heterocycles. The Kier molecular flexibility index (Phi) is 4.91. The Morgan fingerprint density at radius 2 is 1.81 bits per heavy atom. The van der Waals surface area contributed by atoms with E-state index in [1.54, 1.807) is 12.5 Å². The van der Waals surface area contributed by atoms with E-state index in [4.69, 9.17) is 0 Å². The van der Waals surface area contributed by atoms with Crippen molar-refractivity contribution in [2.45, 2.75) is 6.92 Å². The molecule has 1 saturated heterocycles. The van der Waals surface area contributed by atoms with Gasteiger partial charge in [0.25, 0.3) is 5.91 Å². The van der Waals surface area contributed by atoms with E-state index in [1.165, 1.54) is 0 Å². The average Bonchev–Trinajstić information content (AvgIpc) is 3.15. The van der Waals surface area contributed by atoms with Gasteiger partial charge in [-0.25, -0.2) is 19.9 Å². The topological polar surface area (TPSA) is 91.6 Å². The first-order valence-corrected chi connectivity index (χ1v) is 10.2. The summed E-state index contributed by atoms with van der Waals surface area (Å²) < 4.78 is 1.87. The second-order valence-electron chi connectivity index (χ2n) is 7.36. The monoisotopic (exact) mass is 414 g/mol. The maximum absolute atomic E-state index is 13.2. The number of hydrogen-bond acceptors (Lipinski definition) is 7. The third kappa shape index (κ3) is 3.77. The minimum absolute atomic E-state index is 0.0102. The normalized spacial score (nSPS) is 14.1. The first kappa shape index (κ1) is 19.0. The molecule has 0 saturated carbocycles. The third-order valence-corrected chi connectivity index (χ3v) is 5.37. The van der Waals surface area contributed by atoms with E-state index in [1.807, 2.05) is 64.9 Å². The number of carbonyl (C=O) groups is 1. The summed E-state index contributed by atoms with van der Waals surface area (Å²) in [4.78, 5) is 34.7. The van der Waals surface area contributed by atoms with Gasteiger partial charge in [-0.2, -0.15) is 0 Å². The predicted molar refractivity (Wildman–Crippen MR) is 118 cm³/mol. The predicted octanol–water partition coefficient (Wildman–Crippen LogP) is 2.53. The lowest BCUT2D eigenvalue weighted by Crippen LogP contribution is -2.49. The fourth-order valence-corrected chi connectivity index (χ4v) is 3.82. The maximum atomic E-state index is 13.2. The molecule has 0 spiro atoms. The molecule has 1 amide bonds. The van der Waals surface area contributed by atoms with Crippen LogP contribution in [0.5, 0.6) is 0 Å². The fraction of sp³-hybridized carbons (Fsp3) is 0.227. The van der Waals surface area contributed by atoms with E-state index in [0.29, 0.717) is 37.7 Å². The van der Waals surface area contributed by atoms with Crippen LogP contribution in [0.2, 0.25) is 0 Å². The molecule has 9 nitrogen and oxygen atoms in total. The second-order valence-corrected chi connectivity index (χ2v) is 7.36. The number of aromatic nitrogens is 5. The van der Waals surface area contributed by atoms with Gasteiger partial charge in [-0.3, -0.25) is 9.20 Å². The summed E-state index contributed by atoms with van der Waals surface area (Å²) in [5, 5.41) is 3.19. The van der Waals surface area contributed by atoms with E-state index >= 15 is 0 Å². The van der Waals surface area contributed by atoms with Gasteiger partial charge in [0.1, 0.15) is 35.1 Å². The zero-order chi connectivity index (χ0) is 21.2. The lowest BCUT2D eigenvalue weighted by Gasteiger charge is -2.35. The summed E-state index contributed by atoms with van der Waals surface area (Å²) in [6.45, 7) is 4.51. The zero-order valence-corrected chi connectivity index (χ0v) is 17.1. The highest BCUT2D eigenvalue weighted by Crippen LogP contribution is 2.20. The summed E-state index contributed by atoms with van der Waals surface area (Å²) in [5.41, 5.74) is 2.17. The number of anilines is 3. The van der Waals surface area contributed by atoms with Crippen molar-refractivity contribution < 1.29 is 4.79 Å². The fourth-order valence-electron chi connectivity index (χ4n) is 3.82. The molecule has 0 atom stereocenters. The first-order valence-electron chi connectivity index (χ1n) is 10.2. The Bertz CT molecular complexity index is 1210. The largest absolute Gasteiger partial charge is 0.353 e. The highest BCUT2D eigenvalue weighted by atomic mass is 16.2. The lowest BCUT2D eigenvalue weighted by molar-refractivity contribution is 0.0738. The number of rotatable bonds is 4. The molecule has 0 unspecified atom stereocenters. The Hall–Kier alpha value is -4.01. The van der Waals surface area contributed by atoms with E-state index in [2.05, 4.69) is 30.2 Å². The highest BCUT2D eigenvalue weighted by Gasteiger charge is 2.26. The number of imidazole rings is 1. The van der Waals surface area contributed by atoms with Gasteiger partial charge in [0.05, 0.1) is 5.69 Å². The van der Waals surface area contributed by atoms with Gasteiger partial charge in [-0.05, 0) is 31.2 Å². The molecular weight excluding hydrogens is 392 g/mol. The van der Waals surface area contributed by atoms with Crippen LogP contribution in [0.1, 0.15) is 16.2 Å². The summed E-state index contributed by atoms with van der Waals surface area (Å²) in [6.07, 6.45) is 5.15. The number of aryl methyl sites for hydroxylation is 1. The van der Waals surface area contributed by atoms with Gasteiger partial charge in [0.15, 0.2) is 0 Å². The molecule has 1 aliphatic heterocycles. The summed E-state index contributed by atoms with van der Waals surface area (Å²) >= 11 is 0. The minimum Gasteiger partial charge on any atom is -0.353 e. The summed E-state index contributed by atoms with van der Waals surface area (Å²) in [6, 6.07) is 13.3. The van der Waals surface area contributed by atoms with E-state index in [9.17, 15) is 4.79 Å². The van der Waals surface area contributed by atoms with Crippen molar-refractivity contribution in [1.82, 2.24) is 29.2 Å². The van der Waals surface area contributed by atoms with Crippen LogP contribution in [-0.4, -0.2) is 61.3 Å². The summed E-state index contributed by atoms with van der Waals surface area (Å²) in [5.74, 6) is 2.25. The van der Waals surface area contributed by atoms with Gasteiger partial charge in [0, 0.05) is 44.6 Å². The molecule has 156 valence electrons. The average molecular weight is 414 g/mol. The number of hydrogen-bond donors (Lipinski definition) is 1. The van der Waals surface area contributed by atoms with E-state index in [0.717, 1.165) is 23.0 Å². The van der Waals surface area contributed by atoms with Gasteiger partial charge in [0.2, 0.25) is 0 Å². The number of amides is 1. The molecule has 0 bridgehead atoms. The number of nitrogens with one attached hydrogen (secondary N) is 1. The Morgan fingerprint density at radius 3 is 2.61 bits per heavy atom. The van der Waals surface area contributed by atoms with Crippen LogP contribution >= 0.6 is 0 Å². The number of fused-ring (bicyclic) bond motifs is 1. The molecule has 0 aliphatic carbocycles. The van der Waals surface area contributed by atoms with Gasteiger partial charge < -0.3 is 15.1 Å². The lowest BCUT2D eigenvalue weighted by atomic mass is 10.2. The van der Waals surface area contributed by atoms with Crippen LogP contribution in [0.3, 0.4) is 0 Å². The van der Waals surface area contributed by atoms with Crippen LogP contribution in [0.15, 0.2) is 61.2 Å². The Balaban J connectivity index is 1.28. The number of nitrogens with zero attached hydrogens (tertiary/aromatic N) is 7. The van der Waals surface area contributed by atoms with Crippen molar-refractivity contribution in [3.63, 3.8) is 0 Å². The molecular formula is C22H22N8O. The molecule has 0 aromatic carbocycles. The minimum atomic E-state index is 0.0102. The van der Waals surface area contributed by atoms with Crippen LogP contribution in [0.25, 0.3) is 5.65 Å². The second kappa shape index (κ2) is 8.02. The third-order valence-electron chi connectivity index (χ3n) is 5.37. The van der Waals surface area contributed by atoms with Crippen molar-refractivity contribution in [3.8, 4) is 0 Å². The van der Waals surface area contributed by atoms with Crippen LogP contribution < -0.4 is 10.2 Å². The summed E-state index contributed by atoms with van der Waals surface area (Å²) in [7, 11) is 0. The van der Waals surface area contributed by atoms with Gasteiger partial charge in [-0.15, -0.1) is 0 Å². The first-order chi connectivity index (χ1) is 15.2. The molecule has 0 radical (unpaired) electrons. The van der Waals surface area contributed by atoms with Crippen molar-refractivity contribution in [2.75, 3.05) is 36.4 Å². The van der Waals surface area contributed by atoms with E-state index < -0.39 is 0 Å². The quantitative estimate of drug-likeness (QED) is 0.549. The van der Waals surface area contributed by atoms with Crippen LogP contribution in [0.4, 0.5) is 17.5 Å². The van der Waals surface area contributed by atoms with Crippen molar-refractivity contribution in [1.29, 1.82) is 0 Å². The highest BCUT2D eigenvalue weighted by molar-refractivity contribution is 5.94. The number of carbonyl (C=O) groups excluding carboxylic acids is 1. The van der Waals surface area contributed by atoms with Gasteiger partial charge in [-0.1, -0.05) is 12.1 Å². The van der Waals surface area contributed by atoms with Crippen LogP contribution in [-0.2, 0) is 0 Å². The van der Waals surface area contributed by atoms with Crippen molar-refractivity contribution in [2.24, 2.45) is 0 Å².